The SMILES string of the molecule is c1ccc(-c2ccc(-c3nc(-c4cccc5oc6ccc(-c7ccc(-c8cccc9c8-c8ccccc8C9(c8ccccc8)c8ccccc8)cc7)cc6c45)nc(-c4cccc5sc6ccccc6c45)n3)cc2)cc1. The highest BCUT2D eigenvalue weighted by Crippen LogP contribution is 2.58. The fourth-order valence-electron chi connectivity index (χ4n) is 11.9. The highest BCUT2D eigenvalue weighted by Gasteiger charge is 2.46. The van der Waals surface area contributed by atoms with E-state index in [0.29, 0.717) is 17.5 Å². The molecule has 0 atom stereocenters. The molecule has 3 aromatic heterocycles. The lowest BCUT2D eigenvalue weighted by Gasteiger charge is -2.34. The maximum atomic E-state index is 6.65. The van der Waals surface area contributed by atoms with Gasteiger partial charge in [0.25, 0.3) is 0 Å². The maximum absolute atomic E-state index is 6.65. The highest BCUT2D eigenvalue weighted by molar-refractivity contribution is 7.25. The zero-order valence-corrected chi connectivity index (χ0v) is 41.3. The van der Waals surface area contributed by atoms with Crippen molar-refractivity contribution >= 4 is 53.4 Å². The van der Waals surface area contributed by atoms with Gasteiger partial charge in [-0.1, -0.05) is 231 Å². The van der Waals surface area contributed by atoms with Gasteiger partial charge in [0.05, 0.1) is 5.41 Å². The molecule has 75 heavy (non-hydrogen) atoms. The third-order valence-electron chi connectivity index (χ3n) is 15.3. The first-order valence-corrected chi connectivity index (χ1v) is 26.2. The molecule has 0 saturated carbocycles. The summed E-state index contributed by atoms with van der Waals surface area (Å²) in [5.74, 6) is 1.82. The Balaban J connectivity index is 0.855. The summed E-state index contributed by atoms with van der Waals surface area (Å²) >= 11 is 1.79. The van der Waals surface area contributed by atoms with Crippen LogP contribution in [-0.4, -0.2) is 15.0 Å². The van der Waals surface area contributed by atoms with Crippen LogP contribution in [-0.2, 0) is 5.41 Å². The molecule has 0 spiro atoms. The van der Waals surface area contributed by atoms with E-state index < -0.39 is 5.41 Å². The molecule has 5 heteroatoms. The minimum atomic E-state index is -0.461. The number of hydrogen-bond donors (Lipinski definition) is 0. The molecule has 0 fully saturated rings. The highest BCUT2D eigenvalue weighted by atomic mass is 32.1. The van der Waals surface area contributed by atoms with Crippen molar-refractivity contribution < 1.29 is 4.42 Å². The molecule has 0 radical (unpaired) electrons. The number of hydrogen-bond acceptors (Lipinski definition) is 5. The van der Waals surface area contributed by atoms with Crippen molar-refractivity contribution in [1.82, 2.24) is 15.0 Å². The van der Waals surface area contributed by atoms with E-state index >= 15 is 0 Å². The molecule has 0 N–H and O–H groups in total. The predicted octanol–water partition coefficient (Wildman–Crippen LogP) is 18.5. The van der Waals surface area contributed by atoms with E-state index in [1.807, 2.05) is 18.2 Å². The average molecular weight is 974 g/mol. The number of fused-ring (bicyclic) bond motifs is 9. The van der Waals surface area contributed by atoms with Gasteiger partial charge >= 0.3 is 0 Å². The van der Waals surface area contributed by atoms with Crippen molar-refractivity contribution in [2.24, 2.45) is 0 Å². The van der Waals surface area contributed by atoms with Crippen molar-refractivity contribution in [3.05, 3.63) is 283 Å². The van der Waals surface area contributed by atoms with Gasteiger partial charge < -0.3 is 4.42 Å². The number of rotatable bonds is 8. The van der Waals surface area contributed by atoms with Crippen LogP contribution in [0.1, 0.15) is 22.3 Å². The van der Waals surface area contributed by atoms with Crippen LogP contribution in [0.3, 0.4) is 0 Å². The summed E-state index contributed by atoms with van der Waals surface area (Å²) in [6.07, 6.45) is 0. The van der Waals surface area contributed by atoms with Gasteiger partial charge in [0.1, 0.15) is 11.2 Å². The van der Waals surface area contributed by atoms with Crippen LogP contribution in [0.15, 0.2) is 265 Å². The smallest absolute Gasteiger partial charge is 0.164 e. The van der Waals surface area contributed by atoms with E-state index in [2.05, 4.69) is 243 Å². The molecule has 1 aliphatic carbocycles. The zero-order chi connectivity index (χ0) is 49.5. The van der Waals surface area contributed by atoms with Crippen LogP contribution in [0.4, 0.5) is 0 Å². The normalized spacial score (nSPS) is 12.6. The first-order chi connectivity index (χ1) is 37.2. The van der Waals surface area contributed by atoms with Crippen LogP contribution < -0.4 is 0 Å². The van der Waals surface area contributed by atoms with Crippen molar-refractivity contribution in [3.8, 4) is 78.7 Å². The Kier molecular flexibility index (Phi) is 9.94. The Morgan fingerprint density at radius 3 is 1.56 bits per heavy atom. The summed E-state index contributed by atoms with van der Waals surface area (Å²) in [6.45, 7) is 0. The summed E-state index contributed by atoms with van der Waals surface area (Å²) in [7, 11) is 0. The van der Waals surface area contributed by atoms with Crippen LogP contribution >= 0.6 is 11.3 Å². The molecule has 15 rings (SSSR count). The van der Waals surface area contributed by atoms with E-state index in [1.165, 1.54) is 59.3 Å². The largest absolute Gasteiger partial charge is 0.456 e. The lowest BCUT2D eigenvalue weighted by Crippen LogP contribution is -2.28. The predicted molar refractivity (Wildman–Crippen MR) is 310 cm³/mol. The van der Waals surface area contributed by atoms with Crippen molar-refractivity contribution in [3.63, 3.8) is 0 Å². The summed E-state index contributed by atoms with van der Waals surface area (Å²) < 4.78 is 9.07. The molecule has 0 amide bonds. The van der Waals surface area contributed by atoms with E-state index in [0.717, 1.165) is 66.3 Å². The van der Waals surface area contributed by atoms with Crippen LogP contribution in [0, 0.1) is 0 Å². The molecule has 0 saturated heterocycles. The second-order valence-corrected chi connectivity index (χ2v) is 20.4. The number of benzene rings is 11. The summed E-state index contributed by atoms with van der Waals surface area (Å²) in [5, 5.41) is 4.31. The van der Waals surface area contributed by atoms with E-state index in [9.17, 15) is 0 Å². The molecule has 14 aromatic rings. The summed E-state index contributed by atoms with van der Waals surface area (Å²) in [6, 6.07) is 93.5. The minimum absolute atomic E-state index is 0.461. The average Bonchev–Trinajstić information content (AvgIpc) is 4.26. The molecule has 4 nitrogen and oxygen atoms in total. The second-order valence-electron chi connectivity index (χ2n) is 19.4. The lowest BCUT2D eigenvalue weighted by atomic mass is 9.67. The van der Waals surface area contributed by atoms with Gasteiger partial charge in [0.2, 0.25) is 0 Å². The Morgan fingerprint density at radius 2 is 0.813 bits per heavy atom. The summed E-state index contributed by atoms with van der Waals surface area (Å²) in [5.41, 5.74) is 18.4. The molecule has 0 aliphatic heterocycles. The van der Waals surface area contributed by atoms with E-state index in [1.54, 1.807) is 11.3 Å². The fraction of sp³-hybridized carbons (Fsp3) is 0.0143. The van der Waals surface area contributed by atoms with Crippen molar-refractivity contribution in [2.75, 3.05) is 0 Å². The fourth-order valence-corrected chi connectivity index (χ4v) is 13.1. The van der Waals surface area contributed by atoms with E-state index in [-0.39, 0.29) is 0 Å². The van der Waals surface area contributed by atoms with Gasteiger partial charge in [-0.05, 0) is 97.1 Å². The van der Waals surface area contributed by atoms with Gasteiger partial charge in [-0.3, -0.25) is 0 Å². The molecule has 0 bridgehead atoms. The van der Waals surface area contributed by atoms with Gasteiger partial charge in [0, 0.05) is 47.6 Å². The molecular weight excluding hydrogens is 931 g/mol. The van der Waals surface area contributed by atoms with Crippen LogP contribution in [0.25, 0.3) is 121 Å². The van der Waals surface area contributed by atoms with Gasteiger partial charge in [0.15, 0.2) is 17.5 Å². The Morgan fingerprint density at radius 1 is 0.307 bits per heavy atom. The maximum Gasteiger partial charge on any atom is 0.164 e. The van der Waals surface area contributed by atoms with Crippen LogP contribution in [0.2, 0.25) is 0 Å². The molecule has 11 aromatic carbocycles. The third kappa shape index (κ3) is 6.86. The standard InChI is InChI=1S/C70H43N3OS/c1-4-17-44(18-5-1)45-35-39-48(40-36-45)67-71-68(73-69(72-67)56-27-16-32-63-66(56)54-24-11-13-31-62(54)75-63)55-26-15-30-61-65(55)57-43-49(41-42-60(57)74-61)46-33-37-47(38-34-46)52-25-14-29-59-64(52)53-23-10-12-28-58(53)70(59,50-19-6-2-7-20-50)51-21-8-3-9-22-51/h1-43H. The van der Waals surface area contributed by atoms with Crippen LogP contribution in [0.5, 0.6) is 0 Å². The topological polar surface area (TPSA) is 51.8 Å². The van der Waals surface area contributed by atoms with Gasteiger partial charge in [-0.15, -0.1) is 11.3 Å². The summed E-state index contributed by atoms with van der Waals surface area (Å²) in [4.78, 5) is 16.0. The first-order valence-electron chi connectivity index (χ1n) is 25.4. The van der Waals surface area contributed by atoms with Crippen molar-refractivity contribution in [1.29, 1.82) is 0 Å². The monoisotopic (exact) mass is 973 g/mol. The minimum Gasteiger partial charge on any atom is -0.456 e. The van der Waals surface area contributed by atoms with E-state index in [4.69, 9.17) is 19.4 Å². The molecular formula is C70H43N3OS. The second kappa shape index (κ2) is 17.3. The Bertz CT molecular complexity index is 4470. The molecule has 0 unspecified atom stereocenters. The van der Waals surface area contributed by atoms with Gasteiger partial charge in [-0.25, -0.2) is 15.0 Å². The number of furan rings is 1. The van der Waals surface area contributed by atoms with Gasteiger partial charge in [-0.2, -0.15) is 0 Å². The number of nitrogens with zero attached hydrogens (tertiary/aromatic N) is 3. The Labute approximate surface area is 437 Å². The number of aromatic nitrogens is 3. The molecule has 3 heterocycles. The Hall–Kier alpha value is -9.55. The lowest BCUT2D eigenvalue weighted by molar-refractivity contribution is 0.669. The first kappa shape index (κ1) is 43.1. The number of thiophene rings is 1. The molecule has 350 valence electrons. The molecule has 1 aliphatic rings. The zero-order valence-electron chi connectivity index (χ0n) is 40.5. The quantitative estimate of drug-likeness (QED) is 0.152. The third-order valence-corrected chi connectivity index (χ3v) is 16.4. The van der Waals surface area contributed by atoms with Crippen molar-refractivity contribution in [2.45, 2.75) is 5.41 Å².